The van der Waals surface area contributed by atoms with E-state index in [4.69, 9.17) is 4.74 Å². The Morgan fingerprint density at radius 1 is 0.413 bits per heavy atom. The molecule has 0 saturated heterocycles. The third-order valence-electron chi connectivity index (χ3n) is 8.08. The lowest BCUT2D eigenvalue weighted by atomic mass is 9.93. The highest BCUT2D eigenvalue weighted by atomic mass is 32.2. The lowest BCUT2D eigenvalue weighted by molar-refractivity contribution is -0.440. The van der Waals surface area contributed by atoms with Gasteiger partial charge in [0, 0.05) is 6.42 Å². The van der Waals surface area contributed by atoms with Crippen molar-refractivity contribution in [2.24, 2.45) is 0 Å². The van der Waals surface area contributed by atoms with E-state index in [1.54, 1.807) is 0 Å². The zero-order valence-electron chi connectivity index (χ0n) is 29.1. The maximum absolute atomic E-state index is 14.1. The van der Waals surface area contributed by atoms with E-state index in [0.29, 0.717) is 48.5 Å². The van der Waals surface area contributed by atoms with E-state index in [1.165, 1.54) is 0 Å². The second-order valence-corrected chi connectivity index (χ2v) is 14.5. The van der Waals surface area contributed by atoms with Crippen LogP contribution in [0.25, 0.3) is 0 Å². The van der Waals surface area contributed by atoms with Gasteiger partial charge in [-0.2, -0.15) is 114 Å². The molecule has 0 bridgehead atoms. The molecule has 0 radical (unpaired) electrons. The molecular weight excluding hydrogens is 982 g/mol. The summed E-state index contributed by atoms with van der Waals surface area (Å²) in [5.74, 6) is -83.8. The van der Waals surface area contributed by atoms with Gasteiger partial charge in [0.15, 0.2) is 9.84 Å². The van der Waals surface area contributed by atoms with E-state index in [0.717, 1.165) is 0 Å². The van der Waals surface area contributed by atoms with Crippen LogP contribution in [-0.2, 0) is 14.6 Å². The number of hydrogen-bond donors (Lipinski definition) is 0. The van der Waals surface area contributed by atoms with Crippen molar-refractivity contribution in [2.45, 2.75) is 89.3 Å². The van der Waals surface area contributed by atoms with Gasteiger partial charge in [-0.3, -0.25) is 0 Å². The maximum Gasteiger partial charge on any atom is 0.460 e. The normalized spacial score (nSPS) is 15.0. The molecule has 0 unspecified atom stereocenters. The molecule has 0 aliphatic heterocycles. The van der Waals surface area contributed by atoms with E-state index in [9.17, 15) is 132 Å². The maximum atomic E-state index is 14.1. The Balaban J connectivity index is 2.12. The molecule has 0 atom stereocenters. The van der Waals surface area contributed by atoms with Crippen LogP contribution in [0.15, 0.2) is 53.4 Å². The molecule has 0 amide bonds. The van der Waals surface area contributed by atoms with Crippen LogP contribution in [0.5, 0.6) is 5.75 Å². The average molecular weight is 998 g/mol. The van der Waals surface area contributed by atoms with Crippen molar-refractivity contribution < 1.29 is 142 Å². The quantitative estimate of drug-likeness (QED) is 0.0840. The Morgan fingerprint density at radius 3 is 1.10 bits per heavy atom. The number of esters is 2. The van der Waals surface area contributed by atoms with Gasteiger partial charge in [-0.1, -0.05) is 0 Å². The fourth-order valence-corrected chi connectivity index (χ4v) is 5.59. The zero-order valence-corrected chi connectivity index (χ0v) is 29.9. The van der Waals surface area contributed by atoms with E-state index in [2.05, 4.69) is 4.74 Å². The van der Waals surface area contributed by atoms with Crippen LogP contribution in [0.1, 0.15) is 33.6 Å². The summed E-state index contributed by atoms with van der Waals surface area (Å²) >= 11 is 0. The Morgan fingerprint density at radius 2 is 0.730 bits per heavy atom. The summed E-state index contributed by atoms with van der Waals surface area (Å²) in [4.78, 5) is 23.2. The van der Waals surface area contributed by atoms with Crippen LogP contribution in [0.3, 0.4) is 0 Å². The largest absolute Gasteiger partial charge is 0.462 e. The predicted molar refractivity (Wildman–Crippen MR) is 151 cm³/mol. The first-order chi connectivity index (χ1) is 27.7. The predicted octanol–water partition coefficient (Wildman–Crippen LogP) is 11.1. The number of sulfone groups is 1. The van der Waals surface area contributed by atoms with E-state index < -0.39 is 140 Å². The molecule has 0 saturated carbocycles. The van der Waals surface area contributed by atoms with Crippen LogP contribution < -0.4 is 4.74 Å². The van der Waals surface area contributed by atoms with Crippen LogP contribution in [0, 0.1) is 0 Å². The van der Waals surface area contributed by atoms with Crippen LogP contribution in [-0.4, -0.2) is 104 Å². The van der Waals surface area contributed by atoms with Gasteiger partial charge in [-0.15, -0.1) is 0 Å². The molecule has 6 nitrogen and oxygen atoms in total. The molecule has 0 aromatic heterocycles. The van der Waals surface area contributed by atoms with Gasteiger partial charge in [0.05, 0.1) is 34.8 Å². The average Bonchev–Trinajstić information content (AvgIpc) is 3.12. The summed E-state index contributed by atoms with van der Waals surface area (Å²) in [5.41, 5.74) is -1.54. The highest BCUT2D eigenvalue weighted by Crippen LogP contribution is 2.62. The molecule has 2 aromatic rings. The minimum atomic E-state index is -8.23. The Labute approximate surface area is 331 Å². The van der Waals surface area contributed by atoms with Gasteiger partial charge in [-0.05, 0) is 48.5 Å². The fraction of sp³-hybridized carbons (Fsp3) is 0.533. The Hall–Kier alpha value is -4.49. The molecule has 0 N–H and O–H groups in total. The summed E-state index contributed by atoms with van der Waals surface area (Å²) in [6.45, 7) is -2.13. The molecule has 0 fully saturated rings. The molecule has 360 valence electrons. The molecule has 0 heterocycles. The standard InChI is InChI=1S/C30H16F26O6S/c31-19(32,21(35,36)23(39,40)25(43,44)27(47,48)29(51,52)53)9-11-61-17(57)13-1-5-15(6-2-13)62-18(58)14-3-7-16(8-4-14)63(59,60)12-10-20(33,34)22(37,38)24(41,42)26(45,46)28(49,50)30(54,55)56/h1-8H,9-12H2. The van der Waals surface area contributed by atoms with Crippen molar-refractivity contribution in [1.29, 1.82) is 0 Å². The first kappa shape index (κ1) is 54.6. The summed E-state index contributed by atoms with van der Waals surface area (Å²) in [5, 5.41) is 0. The van der Waals surface area contributed by atoms with Crippen molar-refractivity contribution in [1.82, 2.24) is 0 Å². The molecule has 2 aromatic carbocycles. The van der Waals surface area contributed by atoms with E-state index >= 15 is 0 Å². The molecule has 0 spiro atoms. The van der Waals surface area contributed by atoms with E-state index in [-0.39, 0.29) is 0 Å². The van der Waals surface area contributed by atoms with E-state index in [1.807, 2.05) is 0 Å². The van der Waals surface area contributed by atoms with Gasteiger partial charge in [-0.25, -0.2) is 18.0 Å². The molecule has 0 aliphatic carbocycles. The highest BCUT2D eigenvalue weighted by Gasteiger charge is 2.92. The first-order valence-corrected chi connectivity index (χ1v) is 17.1. The van der Waals surface area contributed by atoms with Crippen molar-refractivity contribution in [2.75, 3.05) is 12.4 Å². The number of ether oxygens (including phenoxy) is 2. The van der Waals surface area contributed by atoms with Gasteiger partial charge in [0.25, 0.3) is 0 Å². The topological polar surface area (TPSA) is 86.7 Å². The number of benzene rings is 2. The molecule has 63 heavy (non-hydrogen) atoms. The lowest BCUT2D eigenvalue weighted by Gasteiger charge is -2.39. The van der Waals surface area contributed by atoms with Crippen molar-refractivity contribution in [3.8, 4) is 5.75 Å². The second-order valence-electron chi connectivity index (χ2n) is 12.4. The number of rotatable bonds is 18. The lowest BCUT2D eigenvalue weighted by Crippen LogP contribution is -2.70. The second kappa shape index (κ2) is 16.5. The third-order valence-corrected chi connectivity index (χ3v) is 9.81. The van der Waals surface area contributed by atoms with Gasteiger partial charge < -0.3 is 9.47 Å². The van der Waals surface area contributed by atoms with Crippen LogP contribution >= 0.6 is 0 Å². The number of alkyl halides is 26. The third kappa shape index (κ3) is 9.37. The number of carbonyl (C=O) groups is 2. The smallest absolute Gasteiger partial charge is 0.460 e. The summed E-state index contributed by atoms with van der Waals surface area (Å²) in [6.07, 6.45) is -21.3. The molecular formula is C30H16F26O6S. The monoisotopic (exact) mass is 998 g/mol. The Bertz CT molecular complexity index is 2070. The highest BCUT2D eigenvalue weighted by molar-refractivity contribution is 7.91. The van der Waals surface area contributed by atoms with Gasteiger partial charge in [0.1, 0.15) is 5.75 Å². The summed E-state index contributed by atoms with van der Waals surface area (Å²) < 4.78 is 378. The van der Waals surface area contributed by atoms with Crippen LogP contribution in [0.4, 0.5) is 114 Å². The number of carbonyl (C=O) groups excluding carboxylic acids is 2. The molecule has 2 rings (SSSR count). The van der Waals surface area contributed by atoms with Crippen molar-refractivity contribution in [3.63, 3.8) is 0 Å². The summed E-state index contributed by atoms with van der Waals surface area (Å²) in [7, 11) is -5.42. The van der Waals surface area contributed by atoms with Crippen molar-refractivity contribution >= 4 is 21.8 Å². The number of halogens is 26. The minimum absolute atomic E-state index is 0.303. The van der Waals surface area contributed by atoms with Gasteiger partial charge in [0.2, 0.25) is 0 Å². The van der Waals surface area contributed by atoms with Gasteiger partial charge >= 0.3 is 83.5 Å². The van der Waals surface area contributed by atoms with Crippen molar-refractivity contribution in [3.05, 3.63) is 59.7 Å². The summed E-state index contributed by atoms with van der Waals surface area (Å²) in [6, 6.07) is 3.88. The molecule has 0 aliphatic rings. The fourth-order valence-electron chi connectivity index (χ4n) is 4.28. The molecule has 33 heteroatoms. The first-order valence-electron chi connectivity index (χ1n) is 15.4. The number of hydrogen-bond acceptors (Lipinski definition) is 6. The zero-order chi connectivity index (χ0) is 49.9. The minimum Gasteiger partial charge on any atom is -0.462 e. The van der Waals surface area contributed by atoms with Crippen LogP contribution in [0.2, 0.25) is 0 Å². The Kier molecular flexibility index (Phi) is 14.3. The SMILES string of the molecule is O=C(OCCC(F)(F)C(F)(F)C(F)(F)C(F)(F)C(F)(F)C(F)(F)F)c1ccc(OC(=O)c2ccc(S(=O)(=O)CCC(F)(F)C(F)(F)C(F)(F)C(F)(F)C(F)(F)C(F)(F)F)cc2)cc1.